The van der Waals surface area contributed by atoms with Crippen LogP contribution in [0.5, 0.6) is 0 Å². The summed E-state index contributed by atoms with van der Waals surface area (Å²) in [4.78, 5) is 26.6. The molecule has 6 heteroatoms. The van der Waals surface area contributed by atoms with E-state index in [0.29, 0.717) is 29.1 Å². The van der Waals surface area contributed by atoms with Crippen LogP contribution < -0.4 is 10.7 Å². The zero-order valence-corrected chi connectivity index (χ0v) is 17.8. The monoisotopic (exact) mass is 413 g/mol. The summed E-state index contributed by atoms with van der Waals surface area (Å²) in [6.07, 6.45) is 6.63. The number of benzene rings is 1. The average Bonchev–Trinajstić information content (AvgIpc) is 2.67. The molecule has 1 fully saturated rings. The number of hydrogen-bond acceptors (Lipinski definition) is 4. The Kier molecular flexibility index (Phi) is 5.52. The molecule has 1 saturated carbocycles. The molecule has 4 rings (SSSR count). The van der Waals surface area contributed by atoms with E-state index in [1.807, 2.05) is 12.1 Å². The third-order valence-corrected chi connectivity index (χ3v) is 6.40. The Bertz CT molecular complexity index is 880. The van der Waals surface area contributed by atoms with E-state index >= 15 is 0 Å². The Morgan fingerprint density at radius 1 is 1.14 bits per heavy atom. The molecular formula is C23H28ClN3O2. The predicted octanol–water partition coefficient (Wildman–Crippen LogP) is 4.36. The van der Waals surface area contributed by atoms with Crippen molar-refractivity contribution in [3.8, 4) is 0 Å². The SMILES string of the molecule is CC1(C)CC(=O)C2=C(C1)NN=C(c1ccc(Cl)cc1)C2C(=O)NC1CCCCC1. The molecule has 0 spiro atoms. The van der Waals surface area contributed by atoms with Gasteiger partial charge in [0.2, 0.25) is 5.91 Å². The lowest BCUT2D eigenvalue weighted by molar-refractivity contribution is -0.126. The average molecular weight is 414 g/mol. The minimum absolute atomic E-state index is 0.0360. The first-order valence-electron chi connectivity index (χ1n) is 10.5. The number of hydrogen-bond donors (Lipinski definition) is 2. The second-order valence-electron chi connectivity index (χ2n) is 9.23. The van der Waals surface area contributed by atoms with E-state index < -0.39 is 5.92 Å². The van der Waals surface area contributed by atoms with Gasteiger partial charge in [0.1, 0.15) is 5.92 Å². The first-order chi connectivity index (χ1) is 13.8. The number of amides is 1. The quantitative estimate of drug-likeness (QED) is 0.773. The summed E-state index contributed by atoms with van der Waals surface area (Å²) in [5.41, 5.74) is 5.71. The number of rotatable bonds is 3. The molecule has 2 N–H and O–H groups in total. The molecule has 1 aromatic rings. The molecule has 0 radical (unpaired) electrons. The Morgan fingerprint density at radius 3 is 2.52 bits per heavy atom. The molecular weight excluding hydrogens is 386 g/mol. The highest BCUT2D eigenvalue weighted by molar-refractivity contribution is 6.30. The number of ketones is 1. The van der Waals surface area contributed by atoms with E-state index in [1.165, 1.54) is 6.42 Å². The molecule has 2 aliphatic carbocycles. The Labute approximate surface area is 177 Å². The number of carbonyl (C=O) groups is 2. The fraction of sp³-hybridized carbons (Fsp3) is 0.522. The van der Waals surface area contributed by atoms with Crippen molar-refractivity contribution in [2.24, 2.45) is 16.4 Å². The van der Waals surface area contributed by atoms with E-state index in [0.717, 1.165) is 36.9 Å². The highest BCUT2D eigenvalue weighted by Crippen LogP contribution is 2.40. The van der Waals surface area contributed by atoms with Crippen molar-refractivity contribution in [3.05, 3.63) is 46.1 Å². The van der Waals surface area contributed by atoms with Crippen LogP contribution in [0.2, 0.25) is 5.02 Å². The van der Waals surface area contributed by atoms with Crippen molar-refractivity contribution in [1.82, 2.24) is 10.7 Å². The van der Waals surface area contributed by atoms with E-state index in [9.17, 15) is 9.59 Å². The second kappa shape index (κ2) is 7.94. The van der Waals surface area contributed by atoms with Gasteiger partial charge in [-0.05, 0) is 42.4 Å². The fourth-order valence-electron chi connectivity index (χ4n) is 4.74. The van der Waals surface area contributed by atoms with Gasteiger partial charge in [-0.1, -0.05) is 56.8 Å². The Hall–Kier alpha value is -2.14. The van der Waals surface area contributed by atoms with E-state index in [2.05, 4.69) is 29.7 Å². The molecule has 154 valence electrons. The molecule has 5 nitrogen and oxygen atoms in total. The van der Waals surface area contributed by atoms with Crippen molar-refractivity contribution in [3.63, 3.8) is 0 Å². The van der Waals surface area contributed by atoms with Crippen LogP contribution in [0.25, 0.3) is 0 Å². The lowest BCUT2D eigenvalue weighted by atomic mass is 9.71. The number of halogens is 1. The van der Waals surface area contributed by atoms with Gasteiger partial charge in [0.25, 0.3) is 0 Å². The molecule has 1 aromatic carbocycles. The summed E-state index contributed by atoms with van der Waals surface area (Å²) in [6, 6.07) is 7.45. The summed E-state index contributed by atoms with van der Waals surface area (Å²) in [6.45, 7) is 4.15. The highest BCUT2D eigenvalue weighted by Gasteiger charge is 2.43. The lowest BCUT2D eigenvalue weighted by Crippen LogP contribution is -2.48. The third-order valence-electron chi connectivity index (χ3n) is 6.15. The Balaban J connectivity index is 1.70. The van der Waals surface area contributed by atoms with Crippen LogP contribution in [0.15, 0.2) is 40.6 Å². The molecule has 0 aromatic heterocycles. The van der Waals surface area contributed by atoms with Gasteiger partial charge >= 0.3 is 0 Å². The van der Waals surface area contributed by atoms with Crippen molar-refractivity contribution in [2.75, 3.05) is 0 Å². The summed E-state index contributed by atoms with van der Waals surface area (Å²) in [5.74, 6) is -0.764. The molecule has 1 atom stereocenters. The molecule has 0 saturated heterocycles. The van der Waals surface area contributed by atoms with Gasteiger partial charge in [-0.3, -0.25) is 15.0 Å². The van der Waals surface area contributed by atoms with Gasteiger partial charge < -0.3 is 5.32 Å². The topological polar surface area (TPSA) is 70.6 Å². The summed E-state index contributed by atoms with van der Waals surface area (Å²) in [5, 5.41) is 8.40. The third kappa shape index (κ3) is 4.25. The number of nitrogens with one attached hydrogen (secondary N) is 2. The number of nitrogens with zero attached hydrogens (tertiary/aromatic N) is 1. The van der Waals surface area contributed by atoms with Crippen LogP contribution in [0.1, 0.15) is 64.4 Å². The molecule has 1 heterocycles. The molecule has 0 bridgehead atoms. The van der Waals surface area contributed by atoms with E-state index in [-0.39, 0.29) is 23.1 Å². The van der Waals surface area contributed by atoms with Crippen molar-refractivity contribution in [2.45, 2.75) is 64.8 Å². The molecule has 29 heavy (non-hydrogen) atoms. The fourth-order valence-corrected chi connectivity index (χ4v) is 4.86. The standard InChI is InChI=1S/C23H28ClN3O2/c1-23(2)12-17-19(18(28)13-23)20(22(29)25-16-6-4-3-5-7-16)21(27-26-17)14-8-10-15(24)11-9-14/h8-11,16,20,26H,3-7,12-13H2,1-2H3,(H,25,29). The number of allylic oxidation sites excluding steroid dienone is 1. The van der Waals surface area contributed by atoms with Crippen LogP contribution in [0, 0.1) is 11.3 Å². The first-order valence-corrected chi connectivity index (χ1v) is 10.9. The van der Waals surface area contributed by atoms with Crippen LogP contribution in [-0.2, 0) is 9.59 Å². The van der Waals surface area contributed by atoms with Gasteiger partial charge in [-0.25, -0.2) is 0 Å². The van der Waals surface area contributed by atoms with Gasteiger partial charge in [0, 0.05) is 28.8 Å². The maximum atomic E-state index is 13.4. The predicted molar refractivity (Wildman–Crippen MR) is 115 cm³/mol. The minimum atomic E-state index is -0.682. The van der Waals surface area contributed by atoms with Gasteiger partial charge in [-0.15, -0.1) is 0 Å². The maximum Gasteiger partial charge on any atom is 0.234 e. The number of hydrazone groups is 1. The Morgan fingerprint density at radius 2 is 1.83 bits per heavy atom. The summed E-state index contributed by atoms with van der Waals surface area (Å²) < 4.78 is 0. The van der Waals surface area contributed by atoms with E-state index in [1.54, 1.807) is 12.1 Å². The molecule has 1 aliphatic heterocycles. The zero-order chi connectivity index (χ0) is 20.6. The van der Waals surface area contributed by atoms with Crippen LogP contribution in [0.4, 0.5) is 0 Å². The van der Waals surface area contributed by atoms with Crippen LogP contribution >= 0.6 is 11.6 Å². The normalized spacial score (nSPS) is 24.4. The van der Waals surface area contributed by atoms with Crippen molar-refractivity contribution < 1.29 is 9.59 Å². The number of carbonyl (C=O) groups excluding carboxylic acids is 2. The minimum Gasteiger partial charge on any atom is -0.352 e. The lowest BCUT2D eigenvalue weighted by Gasteiger charge is -2.37. The van der Waals surface area contributed by atoms with Gasteiger partial charge in [0.05, 0.1) is 5.71 Å². The van der Waals surface area contributed by atoms with Crippen LogP contribution in [-0.4, -0.2) is 23.4 Å². The summed E-state index contributed by atoms with van der Waals surface area (Å²) in [7, 11) is 0. The highest BCUT2D eigenvalue weighted by atomic mass is 35.5. The second-order valence-corrected chi connectivity index (χ2v) is 9.66. The van der Waals surface area contributed by atoms with E-state index in [4.69, 9.17) is 11.6 Å². The maximum absolute atomic E-state index is 13.4. The molecule has 3 aliphatic rings. The first kappa shape index (κ1) is 20.1. The smallest absolute Gasteiger partial charge is 0.234 e. The number of Topliss-reactive ketones (excluding diaryl/α,β-unsaturated/α-hetero) is 1. The zero-order valence-electron chi connectivity index (χ0n) is 17.1. The van der Waals surface area contributed by atoms with Gasteiger partial charge in [-0.2, -0.15) is 5.10 Å². The van der Waals surface area contributed by atoms with Gasteiger partial charge in [0.15, 0.2) is 5.78 Å². The van der Waals surface area contributed by atoms with Crippen molar-refractivity contribution >= 4 is 29.0 Å². The molecule has 1 unspecified atom stereocenters. The largest absolute Gasteiger partial charge is 0.352 e. The van der Waals surface area contributed by atoms with Crippen LogP contribution in [0.3, 0.4) is 0 Å². The van der Waals surface area contributed by atoms with Crippen molar-refractivity contribution in [1.29, 1.82) is 0 Å². The molecule has 1 amide bonds. The summed E-state index contributed by atoms with van der Waals surface area (Å²) >= 11 is 6.05.